The molecule has 2 aliphatic rings. The van der Waals surface area contributed by atoms with Crippen LogP contribution in [0.15, 0.2) is 18.2 Å². The quantitative estimate of drug-likeness (QED) is 0.0799. The Morgan fingerprint density at radius 1 is 0.959 bits per heavy atom. The number of nitrogens with zero attached hydrogens (tertiary/aromatic N) is 8. The van der Waals surface area contributed by atoms with Crippen molar-refractivity contribution in [2.45, 2.75) is 70.3 Å². The van der Waals surface area contributed by atoms with Crippen LogP contribution in [0.25, 0.3) is 0 Å². The topological polar surface area (TPSA) is 247 Å². The fraction of sp³-hybridized carbons (Fsp3) is 0.643. The first-order valence-electron chi connectivity index (χ1n) is 16.0. The van der Waals surface area contributed by atoms with Crippen LogP contribution in [-0.2, 0) is 36.8 Å². The number of benzene rings is 1. The zero-order chi connectivity index (χ0) is 35.0. The van der Waals surface area contributed by atoms with E-state index in [1.54, 1.807) is 12.1 Å². The lowest BCUT2D eigenvalue weighted by molar-refractivity contribution is -0.492. The van der Waals surface area contributed by atoms with E-state index in [1.807, 2.05) is 10.7 Å². The normalized spacial score (nSPS) is 15.0. The number of nitrogens with one attached hydrogen (secondary N) is 1. The van der Waals surface area contributed by atoms with Crippen molar-refractivity contribution in [2.24, 2.45) is 0 Å². The molecular weight excluding hydrogens is 654 g/mol. The molecule has 3 amide bonds. The van der Waals surface area contributed by atoms with Crippen LogP contribution >= 0.6 is 0 Å². The van der Waals surface area contributed by atoms with E-state index in [1.165, 1.54) is 24.2 Å². The van der Waals surface area contributed by atoms with Gasteiger partial charge < -0.3 is 19.5 Å². The van der Waals surface area contributed by atoms with Gasteiger partial charge in [0.05, 0.1) is 48.9 Å². The molecule has 0 saturated heterocycles. The molecule has 21 nitrogen and oxygen atoms in total. The summed E-state index contributed by atoms with van der Waals surface area (Å²) < 4.78 is 18.3. The van der Waals surface area contributed by atoms with Gasteiger partial charge in [-0.3, -0.25) is 35.4 Å². The number of aryl methyl sites for hydroxylation is 2. The zero-order valence-corrected chi connectivity index (χ0v) is 27.0. The highest BCUT2D eigenvalue weighted by Crippen LogP contribution is 2.31. The fourth-order valence-electron chi connectivity index (χ4n) is 5.45. The van der Waals surface area contributed by atoms with Crippen LogP contribution in [0.2, 0.25) is 0 Å². The smallest absolute Gasteiger partial charge is 0.414 e. The van der Waals surface area contributed by atoms with Gasteiger partial charge in [0.25, 0.3) is 0 Å². The number of alkyl carbamates (subject to hydrolysis) is 1. The first kappa shape index (κ1) is 37.6. The number of aromatic nitrogens is 4. The second kappa shape index (κ2) is 19.7. The van der Waals surface area contributed by atoms with E-state index >= 15 is 0 Å². The first-order chi connectivity index (χ1) is 23.7. The van der Waals surface area contributed by atoms with E-state index in [2.05, 4.69) is 30.5 Å². The van der Waals surface area contributed by atoms with Gasteiger partial charge in [-0.05, 0) is 66.3 Å². The van der Waals surface area contributed by atoms with Crippen LogP contribution < -0.4 is 15.0 Å². The summed E-state index contributed by atoms with van der Waals surface area (Å²) in [6.45, 7) is -1.78. The van der Waals surface area contributed by atoms with Gasteiger partial charge in [0.2, 0.25) is 5.91 Å². The van der Waals surface area contributed by atoms with Crippen molar-refractivity contribution in [1.29, 1.82) is 0 Å². The molecule has 1 aliphatic carbocycles. The standard InChI is InChI=1S/C28H43N9O12/c38-26-12-9-21-18-23(45-15-5-4-8-25-30-31-32-35(25)22-6-2-1-3-7-22)10-11-24(21)34(26)20-47-28(40)33(14-17-49-37(43)44)19-46-27(39)29-13-16-48-36(41)42/h10-11,18,22,41-44H,1-9,12-17,19-20H2,(H,29,39). The number of rotatable bonds is 19. The monoisotopic (exact) mass is 697 g/mol. The number of carbonyl (C=O) groups excluding carboxylic acids is 3. The van der Waals surface area contributed by atoms with Gasteiger partial charge in [0.1, 0.15) is 5.75 Å². The van der Waals surface area contributed by atoms with E-state index in [4.69, 9.17) is 35.0 Å². The molecular formula is C28H43N9O12. The van der Waals surface area contributed by atoms with Crippen molar-refractivity contribution in [3.8, 4) is 5.75 Å². The Morgan fingerprint density at radius 3 is 2.51 bits per heavy atom. The lowest BCUT2D eigenvalue weighted by atomic mass is 9.95. The van der Waals surface area contributed by atoms with Gasteiger partial charge in [-0.25, -0.2) is 23.9 Å². The predicted molar refractivity (Wildman–Crippen MR) is 161 cm³/mol. The first-order valence-corrected chi connectivity index (χ1v) is 16.0. The van der Waals surface area contributed by atoms with Gasteiger partial charge in [-0.15, -0.1) is 5.10 Å². The van der Waals surface area contributed by atoms with Crippen LogP contribution in [0.3, 0.4) is 0 Å². The van der Waals surface area contributed by atoms with E-state index in [0.717, 1.165) is 48.4 Å². The van der Waals surface area contributed by atoms with E-state index < -0.39 is 43.0 Å². The van der Waals surface area contributed by atoms with Crippen molar-refractivity contribution in [2.75, 3.05) is 51.3 Å². The van der Waals surface area contributed by atoms with Gasteiger partial charge >= 0.3 is 12.2 Å². The molecule has 2 heterocycles. The summed E-state index contributed by atoms with van der Waals surface area (Å²) in [5.74, 6) is 1.29. The van der Waals surface area contributed by atoms with Crippen LogP contribution in [-0.4, -0.2) is 121 Å². The minimum absolute atomic E-state index is 0.166. The third kappa shape index (κ3) is 12.3. The summed E-state index contributed by atoms with van der Waals surface area (Å²) in [6.07, 6.45) is 7.02. The van der Waals surface area contributed by atoms with E-state index in [9.17, 15) is 14.4 Å². The molecule has 1 fully saturated rings. The average Bonchev–Trinajstić information content (AvgIpc) is 3.56. The summed E-state index contributed by atoms with van der Waals surface area (Å²) in [5, 5.41) is 48.1. The Hall–Kier alpha value is -4.22. The Morgan fingerprint density at radius 2 is 1.73 bits per heavy atom. The molecule has 0 radical (unpaired) electrons. The second-order valence-corrected chi connectivity index (χ2v) is 11.2. The summed E-state index contributed by atoms with van der Waals surface area (Å²) >= 11 is 0. The minimum atomic E-state index is -0.994. The number of unbranched alkanes of at least 4 members (excludes halogenated alkanes) is 1. The zero-order valence-electron chi connectivity index (χ0n) is 27.0. The predicted octanol–water partition coefficient (Wildman–Crippen LogP) is 1.96. The fourth-order valence-corrected chi connectivity index (χ4v) is 5.45. The third-order valence-corrected chi connectivity index (χ3v) is 7.87. The highest BCUT2D eigenvalue weighted by molar-refractivity contribution is 5.96. The van der Waals surface area contributed by atoms with Crippen molar-refractivity contribution in [3.63, 3.8) is 0 Å². The number of amides is 3. The number of hydrogen-bond donors (Lipinski definition) is 5. The average molecular weight is 698 g/mol. The SMILES string of the molecule is O=C(NCCON(O)O)OCN(CCON(O)O)C(=O)OCN1C(=O)CCc2cc(OCCCCc3nnnn3C3CCCCC3)ccc21. The van der Waals surface area contributed by atoms with Gasteiger partial charge in [0.15, 0.2) is 19.3 Å². The Kier molecular flexibility index (Phi) is 15.1. The Balaban J connectivity index is 1.24. The Labute approximate surface area is 281 Å². The third-order valence-electron chi connectivity index (χ3n) is 7.87. The molecule has 0 atom stereocenters. The molecule has 4 rings (SSSR count). The van der Waals surface area contributed by atoms with Crippen molar-refractivity contribution >= 4 is 23.8 Å². The number of ether oxygens (including phenoxy) is 3. The maximum absolute atomic E-state index is 12.9. The molecule has 2 aromatic rings. The van der Waals surface area contributed by atoms with Crippen LogP contribution in [0.1, 0.15) is 68.8 Å². The molecule has 1 aromatic heterocycles. The number of hydrogen-bond acceptors (Lipinski definition) is 17. The lowest BCUT2D eigenvalue weighted by Crippen LogP contribution is -2.43. The molecule has 0 unspecified atom stereocenters. The molecule has 21 heteroatoms. The molecule has 0 spiro atoms. The minimum Gasteiger partial charge on any atom is -0.494 e. The lowest BCUT2D eigenvalue weighted by Gasteiger charge is -2.30. The van der Waals surface area contributed by atoms with Crippen molar-refractivity contribution < 1.29 is 59.1 Å². The summed E-state index contributed by atoms with van der Waals surface area (Å²) in [7, 11) is 0. The highest BCUT2D eigenvalue weighted by Gasteiger charge is 2.27. The van der Waals surface area contributed by atoms with E-state index in [0.29, 0.717) is 30.5 Å². The van der Waals surface area contributed by atoms with Crippen LogP contribution in [0, 0.1) is 0 Å². The summed E-state index contributed by atoms with van der Waals surface area (Å²) in [6, 6.07) is 5.70. The largest absolute Gasteiger partial charge is 0.494 e. The van der Waals surface area contributed by atoms with Crippen LogP contribution in [0.4, 0.5) is 15.3 Å². The molecule has 1 saturated carbocycles. The Bertz CT molecular complexity index is 1340. The van der Waals surface area contributed by atoms with Crippen molar-refractivity contribution in [1.82, 2.24) is 41.2 Å². The molecule has 1 aromatic carbocycles. The van der Waals surface area contributed by atoms with E-state index in [-0.39, 0.29) is 32.0 Å². The number of anilines is 1. The number of fused-ring (bicyclic) bond motifs is 1. The highest BCUT2D eigenvalue weighted by atomic mass is 17.1. The molecule has 5 N–H and O–H groups in total. The van der Waals surface area contributed by atoms with Crippen LogP contribution in [0.5, 0.6) is 5.75 Å². The van der Waals surface area contributed by atoms with Gasteiger partial charge in [0, 0.05) is 19.4 Å². The molecule has 0 bridgehead atoms. The van der Waals surface area contributed by atoms with Gasteiger partial charge in [-0.1, -0.05) is 19.3 Å². The van der Waals surface area contributed by atoms with Crippen molar-refractivity contribution in [3.05, 3.63) is 29.6 Å². The summed E-state index contributed by atoms with van der Waals surface area (Å²) in [5.41, 5.74) is 1.39. The second-order valence-electron chi connectivity index (χ2n) is 11.2. The molecule has 49 heavy (non-hydrogen) atoms. The number of carbonyl (C=O) groups is 3. The molecule has 1 aliphatic heterocycles. The maximum Gasteiger partial charge on any atom is 0.414 e. The maximum atomic E-state index is 12.9. The summed E-state index contributed by atoms with van der Waals surface area (Å²) in [4.78, 5) is 48.6. The van der Waals surface area contributed by atoms with Gasteiger partial charge in [-0.2, -0.15) is 0 Å². The number of tetrazole rings is 1. The molecule has 272 valence electrons.